The molecule has 1 N–H and O–H groups in total. The van der Waals surface area contributed by atoms with Crippen molar-refractivity contribution in [1.29, 1.82) is 0 Å². The van der Waals surface area contributed by atoms with Crippen molar-refractivity contribution in [3.63, 3.8) is 0 Å². The Morgan fingerprint density at radius 1 is 1.24 bits per heavy atom. The number of carbonyl (C=O) groups is 1. The number of methoxy groups -OCH3 is 2. The topological polar surface area (TPSA) is 93.9 Å². The molecule has 12 heteroatoms. The van der Waals surface area contributed by atoms with Crippen LogP contribution in [0.3, 0.4) is 0 Å². The van der Waals surface area contributed by atoms with Crippen LogP contribution in [0.25, 0.3) is 16.9 Å². The van der Waals surface area contributed by atoms with Crippen molar-refractivity contribution in [1.82, 2.24) is 29.6 Å². The Morgan fingerprint density at radius 3 is 2.55 bits per heavy atom. The fourth-order valence-electron chi connectivity index (χ4n) is 3.42. The molecular formula is C21H25F3N6O3. The number of carbonyl (C=O) groups excluding carboxylic acids is 1. The maximum atomic E-state index is 14.2. The maximum Gasteiger partial charge on any atom is 0.414 e. The number of ether oxygens (including phenoxy) is 2. The molecule has 2 amide bonds. The number of hydrogen-bond acceptors (Lipinski definition) is 6. The summed E-state index contributed by atoms with van der Waals surface area (Å²) < 4.78 is 54.9. The molecule has 0 aliphatic rings. The summed E-state index contributed by atoms with van der Waals surface area (Å²) >= 11 is 0. The van der Waals surface area contributed by atoms with Crippen molar-refractivity contribution in [3.05, 3.63) is 36.5 Å². The summed E-state index contributed by atoms with van der Waals surface area (Å²) in [7, 11) is 2.80. The molecular weight excluding hydrogens is 441 g/mol. The Morgan fingerprint density at radius 2 is 1.97 bits per heavy atom. The molecule has 33 heavy (non-hydrogen) atoms. The first-order chi connectivity index (χ1) is 15.6. The van der Waals surface area contributed by atoms with Gasteiger partial charge in [-0.2, -0.15) is 13.2 Å². The van der Waals surface area contributed by atoms with Gasteiger partial charge in [0, 0.05) is 36.7 Å². The molecule has 3 aromatic heterocycles. The number of fused-ring (bicyclic) bond motifs is 1. The van der Waals surface area contributed by atoms with Crippen LogP contribution in [-0.4, -0.2) is 63.3 Å². The summed E-state index contributed by atoms with van der Waals surface area (Å²) in [5.74, 6) is 0.403. The number of nitrogens with one attached hydrogen (secondary N) is 1. The zero-order valence-corrected chi connectivity index (χ0v) is 18.8. The van der Waals surface area contributed by atoms with Crippen LogP contribution < -0.4 is 14.8 Å². The van der Waals surface area contributed by atoms with Gasteiger partial charge in [0.25, 0.3) is 5.88 Å². The van der Waals surface area contributed by atoms with E-state index in [1.807, 2.05) is 0 Å². The average molecular weight is 466 g/mol. The van der Waals surface area contributed by atoms with Crippen molar-refractivity contribution in [3.8, 4) is 22.9 Å². The zero-order valence-electron chi connectivity index (χ0n) is 18.8. The lowest BCUT2D eigenvalue weighted by Crippen LogP contribution is -2.49. The Balaban J connectivity index is 2.17. The number of aromatic nitrogens is 4. The van der Waals surface area contributed by atoms with Gasteiger partial charge in [-0.3, -0.25) is 4.98 Å². The zero-order chi connectivity index (χ0) is 24.3. The molecule has 0 aliphatic heterocycles. The summed E-state index contributed by atoms with van der Waals surface area (Å²) in [4.78, 5) is 25.8. The van der Waals surface area contributed by atoms with E-state index in [4.69, 9.17) is 9.47 Å². The van der Waals surface area contributed by atoms with Crippen LogP contribution >= 0.6 is 0 Å². The third-order valence-electron chi connectivity index (χ3n) is 4.84. The molecule has 9 nitrogen and oxygen atoms in total. The second-order valence-electron chi connectivity index (χ2n) is 7.44. The van der Waals surface area contributed by atoms with Gasteiger partial charge in [-0.25, -0.2) is 14.8 Å². The number of halogens is 3. The second-order valence-corrected chi connectivity index (χ2v) is 7.44. The van der Waals surface area contributed by atoms with Crippen molar-refractivity contribution in [2.45, 2.75) is 39.0 Å². The van der Waals surface area contributed by atoms with E-state index in [-0.39, 0.29) is 41.2 Å². The smallest absolute Gasteiger partial charge is 0.414 e. The van der Waals surface area contributed by atoms with Gasteiger partial charge in [-0.15, -0.1) is 0 Å². The fourth-order valence-corrected chi connectivity index (χ4v) is 3.42. The van der Waals surface area contributed by atoms with Crippen molar-refractivity contribution in [2.75, 3.05) is 20.8 Å². The van der Waals surface area contributed by atoms with Gasteiger partial charge in [-0.05, 0) is 26.8 Å². The minimum Gasteiger partial charge on any atom is -0.494 e. The molecule has 0 bridgehead atoms. The van der Waals surface area contributed by atoms with Crippen LogP contribution in [0.2, 0.25) is 0 Å². The van der Waals surface area contributed by atoms with E-state index < -0.39 is 18.2 Å². The summed E-state index contributed by atoms with van der Waals surface area (Å²) in [6, 6.07) is -2.22. The predicted molar refractivity (Wildman–Crippen MR) is 114 cm³/mol. The van der Waals surface area contributed by atoms with Gasteiger partial charge in [0.2, 0.25) is 0 Å². The highest BCUT2D eigenvalue weighted by atomic mass is 19.4. The van der Waals surface area contributed by atoms with Gasteiger partial charge < -0.3 is 24.1 Å². The highest BCUT2D eigenvalue weighted by Crippen LogP contribution is 2.40. The maximum absolute atomic E-state index is 14.2. The summed E-state index contributed by atoms with van der Waals surface area (Å²) in [6.45, 7) is 4.63. The van der Waals surface area contributed by atoms with E-state index in [1.54, 1.807) is 36.8 Å². The molecule has 0 saturated carbocycles. The quantitative estimate of drug-likeness (QED) is 0.569. The van der Waals surface area contributed by atoms with Crippen molar-refractivity contribution in [2.24, 2.45) is 0 Å². The highest BCUT2D eigenvalue weighted by molar-refractivity contribution is 5.75. The van der Waals surface area contributed by atoms with E-state index >= 15 is 0 Å². The molecule has 0 radical (unpaired) electrons. The van der Waals surface area contributed by atoms with Crippen LogP contribution in [-0.2, 0) is 0 Å². The predicted octanol–water partition coefficient (Wildman–Crippen LogP) is 3.85. The molecule has 0 saturated heterocycles. The molecule has 3 rings (SSSR count). The fraction of sp³-hybridized carbons (Fsp3) is 0.429. The number of imidazole rings is 1. The van der Waals surface area contributed by atoms with Crippen molar-refractivity contribution >= 4 is 11.7 Å². The Bertz CT molecular complexity index is 1130. The molecule has 3 heterocycles. The van der Waals surface area contributed by atoms with Crippen molar-refractivity contribution < 1.29 is 27.4 Å². The summed E-state index contributed by atoms with van der Waals surface area (Å²) in [6.07, 6.45) is 1.21. The van der Waals surface area contributed by atoms with Crippen LogP contribution in [0.1, 0.15) is 32.5 Å². The molecule has 0 unspecified atom stereocenters. The van der Waals surface area contributed by atoms with E-state index in [0.29, 0.717) is 10.5 Å². The standard InChI is InChI=1S/C21H25F3N6O3/c1-6-30(20(31)27-12(2)3)17(21(22,23)24)14-9-13(16(32-4)10-26-14)15-11-29-8-7-25-18(29)19(28-15)33-5/h7-12,17H,6H2,1-5H3,(H,27,31)/t17-/m0/s1. The molecule has 0 spiro atoms. The second kappa shape index (κ2) is 9.51. The van der Waals surface area contributed by atoms with E-state index in [9.17, 15) is 18.0 Å². The Hall–Kier alpha value is -3.57. The summed E-state index contributed by atoms with van der Waals surface area (Å²) in [5, 5.41) is 2.51. The normalized spacial score (nSPS) is 12.6. The SMILES string of the molecule is CCN(C(=O)NC(C)C)[C@@H](c1cc(-c2cn3ccnc3c(OC)n2)c(OC)cn1)C(F)(F)F. The van der Waals surface area contributed by atoms with Gasteiger partial charge in [0.05, 0.1) is 31.8 Å². The van der Waals surface area contributed by atoms with Crippen LogP contribution in [0.15, 0.2) is 30.9 Å². The van der Waals surface area contributed by atoms with Gasteiger partial charge in [0.1, 0.15) is 5.75 Å². The minimum atomic E-state index is -4.78. The molecule has 0 aromatic carbocycles. The molecule has 0 fully saturated rings. The van der Waals surface area contributed by atoms with Gasteiger partial charge in [0.15, 0.2) is 11.7 Å². The number of rotatable bonds is 7. The molecule has 178 valence electrons. The Kier molecular flexibility index (Phi) is 6.94. The monoisotopic (exact) mass is 466 g/mol. The van der Waals surface area contributed by atoms with Gasteiger partial charge >= 0.3 is 12.2 Å². The summed E-state index contributed by atoms with van der Waals surface area (Å²) in [5.41, 5.74) is 0.621. The number of urea groups is 1. The number of nitrogens with zero attached hydrogens (tertiary/aromatic N) is 5. The lowest BCUT2D eigenvalue weighted by atomic mass is 10.1. The van der Waals surface area contributed by atoms with Crippen LogP contribution in [0.4, 0.5) is 18.0 Å². The highest BCUT2D eigenvalue weighted by Gasteiger charge is 2.47. The van der Waals surface area contributed by atoms with Crippen LogP contribution in [0.5, 0.6) is 11.6 Å². The first-order valence-corrected chi connectivity index (χ1v) is 10.2. The minimum absolute atomic E-state index is 0.182. The third-order valence-corrected chi connectivity index (χ3v) is 4.84. The Labute approximate surface area is 188 Å². The average Bonchev–Trinajstić information content (AvgIpc) is 3.23. The molecule has 1 atom stereocenters. The lowest BCUT2D eigenvalue weighted by Gasteiger charge is -2.32. The third kappa shape index (κ3) is 4.94. The number of pyridine rings is 1. The number of alkyl halides is 3. The van der Waals surface area contributed by atoms with Crippen LogP contribution in [0, 0.1) is 0 Å². The largest absolute Gasteiger partial charge is 0.494 e. The van der Waals surface area contributed by atoms with Gasteiger partial charge in [-0.1, -0.05) is 0 Å². The molecule has 3 aromatic rings. The van der Waals surface area contributed by atoms with E-state index in [0.717, 1.165) is 0 Å². The van der Waals surface area contributed by atoms with E-state index in [2.05, 4.69) is 20.3 Å². The first-order valence-electron chi connectivity index (χ1n) is 10.2. The molecule has 0 aliphatic carbocycles. The van der Waals surface area contributed by atoms with E-state index in [1.165, 1.54) is 33.4 Å². The number of hydrogen-bond donors (Lipinski definition) is 1. The number of amides is 2. The lowest BCUT2D eigenvalue weighted by molar-refractivity contribution is -0.179. The first kappa shape index (κ1) is 24.1.